The average molecular weight is 348 g/mol. The SMILES string of the molecule is CCOC(=O)c1nc(C(F)(F)F)c(Br)cc1C(F)F. The van der Waals surface area contributed by atoms with Gasteiger partial charge in [0.05, 0.1) is 12.2 Å². The monoisotopic (exact) mass is 347 g/mol. The summed E-state index contributed by atoms with van der Waals surface area (Å²) in [5.74, 6) is -1.32. The van der Waals surface area contributed by atoms with Gasteiger partial charge in [-0.15, -0.1) is 0 Å². The van der Waals surface area contributed by atoms with Crippen LogP contribution >= 0.6 is 15.9 Å². The van der Waals surface area contributed by atoms with E-state index in [0.717, 1.165) is 0 Å². The molecule has 0 radical (unpaired) electrons. The van der Waals surface area contributed by atoms with E-state index in [1.54, 1.807) is 0 Å². The number of aromatic nitrogens is 1. The first-order valence-electron chi connectivity index (χ1n) is 4.91. The predicted octanol–water partition coefficient (Wildman–Crippen LogP) is 3.98. The van der Waals surface area contributed by atoms with Crippen molar-refractivity contribution in [1.82, 2.24) is 4.98 Å². The lowest BCUT2D eigenvalue weighted by molar-refractivity contribution is -0.141. The summed E-state index contributed by atoms with van der Waals surface area (Å²) in [7, 11) is 0. The third-order valence-corrected chi connectivity index (χ3v) is 2.58. The van der Waals surface area contributed by atoms with Crippen molar-refractivity contribution in [3.05, 3.63) is 27.5 Å². The summed E-state index contributed by atoms with van der Waals surface area (Å²) in [4.78, 5) is 14.3. The van der Waals surface area contributed by atoms with Crippen molar-refractivity contribution in [2.45, 2.75) is 19.5 Å². The molecule has 106 valence electrons. The quantitative estimate of drug-likeness (QED) is 0.613. The number of ether oxygens (including phenoxy) is 1. The van der Waals surface area contributed by atoms with Gasteiger partial charge in [-0.2, -0.15) is 13.2 Å². The molecule has 0 saturated carbocycles. The maximum Gasteiger partial charge on any atom is 0.434 e. The topological polar surface area (TPSA) is 39.2 Å². The number of nitrogens with zero attached hydrogens (tertiary/aromatic N) is 1. The number of halogens is 6. The molecule has 0 aromatic carbocycles. The summed E-state index contributed by atoms with van der Waals surface area (Å²) in [6.07, 6.45) is -8.02. The minimum atomic E-state index is -4.87. The Labute approximate surface area is 112 Å². The van der Waals surface area contributed by atoms with Gasteiger partial charge in [0, 0.05) is 4.47 Å². The first-order valence-corrected chi connectivity index (χ1v) is 5.70. The Bertz CT molecular complexity index is 490. The largest absolute Gasteiger partial charge is 0.461 e. The third kappa shape index (κ3) is 3.62. The molecule has 1 aromatic heterocycles. The summed E-state index contributed by atoms with van der Waals surface area (Å²) < 4.78 is 66.9. The molecule has 0 atom stereocenters. The first-order chi connectivity index (χ1) is 8.68. The molecule has 0 N–H and O–H groups in total. The normalized spacial score (nSPS) is 11.8. The van der Waals surface area contributed by atoms with Crippen molar-refractivity contribution in [3.8, 4) is 0 Å². The molecule has 0 bridgehead atoms. The Kier molecular flexibility index (Phi) is 4.83. The van der Waals surface area contributed by atoms with Crippen LogP contribution in [-0.4, -0.2) is 17.6 Å². The van der Waals surface area contributed by atoms with Crippen LogP contribution in [0.15, 0.2) is 10.5 Å². The second-order valence-corrected chi connectivity index (χ2v) is 4.13. The van der Waals surface area contributed by atoms with Crippen LogP contribution in [0.25, 0.3) is 0 Å². The molecule has 0 fully saturated rings. The van der Waals surface area contributed by atoms with E-state index in [-0.39, 0.29) is 6.61 Å². The fraction of sp³-hybridized carbons (Fsp3) is 0.400. The third-order valence-electron chi connectivity index (χ3n) is 1.98. The summed E-state index contributed by atoms with van der Waals surface area (Å²) in [6.45, 7) is 1.23. The second-order valence-electron chi connectivity index (χ2n) is 3.28. The van der Waals surface area contributed by atoms with E-state index in [1.165, 1.54) is 6.92 Å². The van der Waals surface area contributed by atoms with Crippen LogP contribution in [0, 0.1) is 0 Å². The highest BCUT2D eigenvalue weighted by molar-refractivity contribution is 9.10. The summed E-state index contributed by atoms with van der Waals surface area (Å²) >= 11 is 2.51. The Hall–Kier alpha value is -1.25. The highest BCUT2D eigenvalue weighted by Gasteiger charge is 2.37. The second kappa shape index (κ2) is 5.81. The summed E-state index contributed by atoms with van der Waals surface area (Å²) in [5, 5.41) is 0. The number of hydrogen-bond donors (Lipinski definition) is 0. The van der Waals surface area contributed by atoms with Gasteiger partial charge in [0.2, 0.25) is 0 Å². The smallest absolute Gasteiger partial charge is 0.434 e. The lowest BCUT2D eigenvalue weighted by atomic mass is 10.1. The zero-order chi connectivity index (χ0) is 14.8. The average Bonchev–Trinajstić information content (AvgIpc) is 2.26. The van der Waals surface area contributed by atoms with Gasteiger partial charge in [-0.1, -0.05) is 0 Å². The van der Waals surface area contributed by atoms with E-state index in [0.29, 0.717) is 6.07 Å². The minimum absolute atomic E-state index is 0.166. The molecule has 3 nitrogen and oxygen atoms in total. The fourth-order valence-corrected chi connectivity index (χ4v) is 1.79. The molecular formula is C10H7BrF5NO2. The molecule has 1 rings (SSSR count). The standard InChI is InChI=1S/C10H7BrF5NO2/c1-2-19-9(18)6-4(8(12)13)3-5(11)7(17-6)10(14,15)16/h3,8H,2H2,1H3. The van der Waals surface area contributed by atoms with Gasteiger partial charge in [0.1, 0.15) is 0 Å². The van der Waals surface area contributed by atoms with Crippen LogP contribution in [0.2, 0.25) is 0 Å². The molecule has 0 unspecified atom stereocenters. The van der Waals surface area contributed by atoms with Gasteiger partial charge >= 0.3 is 12.1 Å². The molecule has 0 aliphatic rings. The molecule has 9 heteroatoms. The molecule has 19 heavy (non-hydrogen) atoms. The molecule has 0 amide bonds. The molecule has 1 heterocycles. The van der Waals surface area contributed by atoms with Gasteiger partial charge in [0.15, 0.2) is 11.4 Å². The molecule has 0 saturated heterocycles. The lowest BCUT2D eigenvalue weighted by Crippen LogP contribution is -2.17. The highest BCUT2D eigenvalue weighted by Crippen LogP contribution is 2.36. The number of alkyl halides is 5. The van der Waals surface area contributed by atoms with Crippen LogP contribution in [-0.2, 0) is 10.9 Å². The predicted molar refractivity (Wildman–Crippen MR) is 57.9 cm³/mol. The minimum Gasteiger partial charge on any atom is -0.461 e. The van der Waals surface area contributed by atoms with Crippen molar-refractivity contribution in [2.75, 3.05) is 6.61 Å². The summed E-state index contributed by atoms with van der Waals surface area (Å²) in [5.41, 5.74) is -3.41. The number of esters is 1. The number of pyridine rings is 1. The van der Waals surface area contributed by atoms with Gasteiger partial charge in [-0.25, -0.2) is 18.6 Å². The lowest BCUT2D eigenvalue weighted by Gasteiger charge is -2.13. The van der Waals surface area contributed by atoms with Crippen molar-refractivity contribution in [2.24, 2.45) is 0 Å². The van der Waals surface area contributed by atoms with Gasteiger partial charge in [-0.3, -0.25) is 0 Å². The molecule has 0 aliphatic carbocycles. The van der Waals surface area contributed by atoms with Crippen molar-refractivity contribution in [1.29, 1.82) is 0 Å². The van der Waals surface area contributed by atoms with Gasteiger partial charge in [-0.05, 0) is 28.9 Å². The maximum atomic E-state index is 12.7. The Balaban J connectivity index is 3.44. The first kappa shape index (κ1) is 15.8. The zero-order valence-corrected chi connectivity index (χ0v) is 11.0. The van der Waals surface area contributed by atoms with Crippen LogP contribution in [0.5, 0.6) is 0 Å². The maximum absolute atomic E-state index is 12.7. The van der Waals surface area contributed by atoms with E-state index in [4.69, 9.17) is 0 Å². The van der Waals surface area contributed by atoms with E-state index in [1.807, 2.05) is 0 Å². The van der Waals surface area contributed by atoms with Crippen molar-refractivity contribution < 1.29 is 31.5 Å². The van der Waals surface area contributed by atoms with Gasteiger partial charge in [0.25, 0.3) is 6.43 Å². The number of carbonyl (C=O) groups is 1. The van der Waals surface area contributed by atoms with Crippen LogP contribution < -0.4 is 0 Å². The van der Waals surface area contributed by atoms with Crippen LogP contribution in [0.1, 0.15) is 35.1 Å². The van der Waals surface area contributed by atoms with Crippen molar-refractivity contribution >= 4 is 21.9 Å². The molecule has 0 aliphatic heterocycles. The Morgan fingerprint density at radius 2 is 2.05 bits per heavy atom. The summed E-state index contributed by atoms with van der Waals surface area (Å²) in [6, 6.07) is 0.521. The highest BCUT2D eigenvalue weighted by atomic mass is 79.9. The van der Waals surface area contributed by atoms with E-state index in [2.05, 4.69) is 25.7 Å². The van der Waals surface area contributed by atoms with Crippen LogP contribution in [0.3, 0.4) is 0 Å². The molecular weight excluding hydrogens is 341 g/mol. The van der Waals surface area contributed by atoms with E-state index in [9.17, 15) is 26.7 Å². The molecule has 1 aromatic rings. The van der Waals surface area contributed by atoms with Crippen LogP contribution in [0.4, 0.5) is 22.0 Å². The fourth-order valence-electron chi connectivity index (χ4n) is 1.23. The zero-order valence-electron chi connectivity index (χ0n) is 9.39. The number of rotatable bonds is 3. The van der Waals surface area contributed by atoms with Gasteiger partial charge < -0.3 is 4.74 Å². The number of carbonyl (C=O) groups excluding carboxylic acids is 1. The van der Waals surface area contributed by atoms with Crippen molar-refractivity contribution in [3.63, 3.8) is 0 Å². The number of hydrogen-bond acceptors (Lipinski definition) is 3. The Morgan fingerprint density at radius 3 is 2.47 bits per heavy atom. The van der Waals surface area contributed by atoms with E-state index >= 15 is 0 Å². The van der Waals surface area contributed by atoms with E-state index < -0.39 is 40.0 Å². The molecule has 0 spiro atoms. The Morgan fingerprint density at radius 1 is 1.47 bits per heavy atom.